The summed E-state index contributed by atoms with van der Waals surface area (Å²) < 4.78 is 0. The van der Waals surface area contributed by atoms with Crippen LogP contribution in [0.3, 0.4) is 0 Å². The minimum atomic E-state index is -1.96. The number of carbonyl (C=O) groups is 1. The fourth-order valence-corrected chi connectivity index (χ4v) is 3.47. The Balaban J connectivity index is 1.47. The topological polar surface area (TPSA) is 126 Å². The predicted molar refractivity (Wildman–Crippen MR) is 102 cm³/mol. The number of aromatic nitrogens is 2. The van der Waals surface area contributed by atoms with Gasteiger partial charge in [-0.15, -0.1) is 0 Å². The van der Waals surface area contributed by atoms with Gasteiger partial charge in [-0.2, -0.15) is 5.26 Å². The molecule has 9 heteroatoms. The molecule has 2 aromatic heterocycles. The van der Waals surface area contributed by atoms with E-state index in [1.807, 2.05) is 12.1 Å². The van der Waals surface area contributed by atoms with Crippen molar-refractivity contribution in [2.45, 2.75) is 24.5 Å². The molecule has 2 aliphatic rings. The SMILES string of the molecule is N#C[C@@]1(O)CCN(c2ccnc(Nc3ccc(N4CC[C@H](O)C4)cn3)c2)C1=O. The summed E-state index contributed by atoms with van der Waals surface area (Å²) in [6, 6.07) is 8.76. The second kappa shape index (κ2) is 7.07. The van der Waals surface area contributed by atoms with Crippen molar-refractivity contribution in [1.82, 2.24) is 9.97 Å². The zero-order valence-corrected chi connectivity index (χ0v) is 15.1. The van der Waals surface area contributed by atoms with Crippen LogP contribution in [0.1, 0.15) is 12.8 Å². The maximum atomic E-state index is 12.3. The van der Waals surface area contributed by atoms with Crippen LogP contribution in [0.5, 0.6) is 0 Å². The van der Waals surface area contributed by atoms with Gasteiger partial charge in [-0.25, -0.2) is 9.97 Å². The lowest BCUT2D eigenvalue weighted by molar-refractivity contribution is -0.128. The molecular weight excluding hydrogens is 360 g/mol. The highest BCUT2D eigenvalue weighted by Crippen LogP contribution is 2.29. The highest BCUT2D eigenvalue weighted by molar-refractivity contribution is 6.03. The zero-order chi connectivity index (χ0) is 19.7. The Morgan fingerprint density at radius 3 is 2.71 bits per heavy atom. The second-order valence-electron chi connectivity index (χ2n) is 6.99. The number of rotatable bonds is 4. The number of pyridine rings is 2. The maximum Gasteiger partial charge on any atom is 0.273 e. The lowest BCUT2D eigenvalue weighted by Gasteiger charge is -2.19. The summed E-state index contributed by atoms with van der Waals surface area (Å²) in [7, 11) is 0. The molecular formula is C19H20N6O3. The quantitative estimate of drug-likeness (QED) is 0.665. The van der Waals surface area contributed by atoms with Crippen molar-refractivity contribution in [2.75, 3.05) is 34.8 Å². The average molecular weight is 380 g/mol. The van der Waals surface area contributed by atoms with Gasteiger partial charge in [-0.3, -0.25) is 4.79 Å². The molecule has 4 heterocycles. The number of anilines is 4. The Labute approximate surface area is 161 Å². The molecule has 0 bridgehead atoms. The minimum absolute atomic E-state index is 0.0711. The second-order valence-corrected chi connectivity index (χ2v) is 6.99. The number of aliphatic hydroxyl groups excluding tert-OH is 1. The fourth-order valence-electron chi connectivity index (χ4n) is 3.47. The molecule has 2 fully saturated rings. The Bertz CT molecular complexity index is 928. The highest BCUT2D eigenvalue weighted by Gasteiger charge is 2.46. The average Bonchev–Trinajstić information content (AvgIpc) is 3.27. The van der Waals surface area contributed by atoms with Crippen molar-refractivity contribution >= 4 is 28.9 Å². The molecule has 28 heavy (non-hydrogen) atoms. The van der Waals surface area contributed by atoms with E-state index in [4.69, 9.17) is 5.26 Å². The summed E-state index contributed by atoms with van der Waals surface area (Å²) in [5.41, 5.74) is -0.462. The Hall–Kier alpha value is -3.22. The molecule has 0 unspecified atom stereocenters. The van der Waals surface area contributed by atoms with Gasteiger partial charge in [0.1, 0.15) is 17.7 Å². The molecule has 2 atom stereocenters. The van der Waals surface area contributed by atoms with Crippen LogP contribution in [-0.2, 0) is 4.79 Å². The summed E-state index contributed by atoms with van der Waals surface area (Å²) >= 11 is 0. The molecule has 0 aromatic carbocycles. The third kappa shape index (κ3) is 3.35. The van der Waals surface area contributed by atoms with Gasteiger partial charge in [0.05, 0.1) is 18.0 Å². The standard InChI is InChI=1S/C19H20N6O3/c20-12-19(28)5-8-25(18(19)27)13-3-6-21-17(9-13)23-16-2-1-14(10-22-16)24-7-4-15(26)11-24/h1-3,6,9-10,15,26,28H,4-5,7-8,11H2,(H,21,22,23)/t15-,19-/m0/s1. The first-order valence-electron chi connectivity index (χ1n) is 9.06. The summed E-state index contributed by atoms with van der Waals surface area (Å²) in [5.74, 6) is 0.464. The Kier molecular flexibility index (Phi) is 4.58. The number of β-amino-alcohol motifs (C(OH)–C–C–N with tert-alkyl or cyclic N) is 1. The number of nitrogens with zero attached hydrogens (tertiary/aromatic N) is 5. The molecule has 2 saturated heterocycles. The van der Waals surface area contributed by atoms with Gasteiger partial charge in [0.25, 0.3) is 5.91 Å². The third-order valence-corrected chi connectivity index (χ3v) is 5.07. The number of nitriles is 1. The van der Waals surface area contributed by atoms with Crippen molar-refractivity contribution in [3.05, 3.63) is 36.7 Å². The van der Waals surface area contributed by atoms with E-state index in [1.165, 1.54) is 4.90 Å². The maximum absolute atomic E-state index is 12.3. The molecule has 0 spiro atoms. The van der Waals surface area contributed by atoms with Crippen LogP contribution in [0.25, 0.3) is 0 Å². The first kappa shape index (κ1) is 18.2. The zero-order valence-electron chi connectivity index (χ0n) is 15.1. The molecule has 0 aliphatic carbocycles. The van der Waals surface area contributed by atoms with Crippen LogP contribution in [0, 0.1) is 11.3 Å². The van der Waals surface area contributed by atoms with Crippen molar-refractivity contribution in [2.24, 2.45) is 0 Å². The van der Waals surface area contributed by atoms with Crippen molar-refractivity contribution in [3.63, 3.8) is 0 Å². The lowest BCUT2D eigenvalue weighted by atomic mass is 10.1. The largest absolute Gasteiger partial charge is 0.391 e. The van der Waals surface area contributed by atoms with E-state index in [1.54, 1.807) is 30.6 Å². The van der Waals surface area contributed by atoms with E-state index in [0.717, 1.165) is 18.7 Å². The van der Waals surface area contributed by atoms with Crippen LogP contribution >= 0.6 is 0 Å². The monoisotopic (exact) mass is 380 g/mol. The number of amides is 1. The summed E-state index contributed by atoms with van der Waals surface area (Å²) in [6.07, 6.45) is 3.82. The predicted octanol–water partition coefficient (Wildman–Crippen LogP) is 0.783. The first-order valence-corrected chi connectivity index (χ1v) is 9.06. The number of carbonyl (C=O) groups excluding carboxylic acids is 1. The first-order chi connectivity index (χ1) is 13.5. The number of aliphatic hydroxyl groups is 2. The van der Waals surface area contributed by atoms with Crippen LogP contribution in [0.2, 0.25) is 0 Å². The van der Waals surface area contributed by atoms with Gasteiger partial charge in [-0.1, -0.05) is 0 Å². The lowest BCUT2D eigenvalue weighted by Crippen LogP contribution is -2.38. The summed E-state index contributed by atoms with van der Waals surface area (Å²) in [4.78, 5) is 24.4. The van der Waals surface area contributed by atoms with Gasteiger partial charge in [0.2, 0.25) is 5.60 Å². The van der Waals surface area contributed by atoms with Crippen LogP contribution < -0.4 is 15.1 Å². The molecule has 144 valence electrons. The smallest absolute Gasteiger partial charge is 0.273 e. The Morgan fingerprint density at radius 1 is 1.21 bits per heavy atom. The molecule has 9 nitrogen and oxygen atoms in total. The number of hydrogen-bond acceptors (Lipinski definition) is 8. The fraction of sp³-hybridized carbons (Fsp3) is 0.368. The molecule has 2 aliphatic heterocycles. The van der Waals surface area contributed by atoms with Crippen molar-refractivity contribution in [1.29, 1.82) is 5.26 Å². The van der Waals surface area contributed by atoms with E-state index >= 15 is 0 Å². The van der Waals surface area contributed by atoms with Gasteiger partial charge >= 0.3 is 0 Å². The Morgan fingerprint density at radius 2 is 2.07 bits per heavy atom. The molecule has 1 amide bonds. The van der Waals surface area contributed by atoms with Gasteiger partial charge in [0.15, 0.2) is 0 Å². The normalized spacial score (nSPS) is 24.5. The van der Waals surface area contributed by atoms with Crippen molar-refractivity contribution < 1.29 is 15.0 Å². The molecule has 3 N–H and O–H groups in total. The van der Waals surface area contributed by atoms with Crippen LogP contribution in [0.15, 0.2) is 36.7 Å². The van der Waals surface area contributed by atoms with Gasteiger partial charge in [-0.05, 0) is 24.6 Å². The molecule has 0 radical (unpaired) electrons. The van der Waals surface area contributed by atoms with E-state index in [2.05, 4.69) is 20.2 Å². The minimum Gasteiger partial charge on any atom is -0.391 e. The summed E-state index contributed by atoms with van der Waals surface area (Å²) in [6.45, 7) is 1.68. The van der Waals surface area contributed by atoms with Gasteiger partial charge in [0, 0.05) is 44.0 Å². The summed E-state index contributed by atoms with van der Waals surface area (Å²) in [5, 5.41) is 31.8. The number of hydrogen-bond donors (Lipinski definition) is 3. The van der Waals surface area contributed by atoms with Crippen LogP contribution in [-0.4, -0.2) is 57.4 Å². The molecule has 0 saturated carbocycles. The van der Waals surface area contributed by atoms with E-state index in [-0.39, 0.29) is 19.1 Å². The van der Waals surface area contributed by atoms with E-state index < -0.39 is 11.5 Å². The highest BCUT2D eigenvalue weighted by atomic mass is 16.3. The van der Waals surface area contributed by atoms with Crippen LogP contribution in [0.4, 0.5) is 23.0 Å². The van der Waals surface area contributed by atoms with Gasteiger partial charge < -0.3 is 25.3 Å². The molecule has 4 rings (SSSR count). The van der Waals surface area contributed by atoms with Crippen molar-refractivity contribution in [3.8, 4) is 6.07 Å². The van der Waals surface area contributed by atoms with E-state index in [0.29, 0.717) is 23.9 Å². The molecule has 2 aromatic rings. The van der Waals surface area contributed by atoms with E-state index in [9.17, 15) is 15.0 Å². The number of nitrogens with one attached hydrogen (secondary N) is 1. The third-order valence-electron chi connectivity index (χ3n) is 5.07.